The summed E-state index contributed by atoms with van der Waals surface area (Å²) < 4.78 is 25.0. The van der Waals surface area contributed by atoms with Gasteiger partial charge in [-0.15, -0.1) is 10.3 Å². The number of benzene rings is 1. The highest BCUT2D eigenvalue weighted by Gasteiger charge is 2.52. The van der Waals surface area contributed by atoms with Crippen LogP contribution in [0.15, 0.2) is 23.8 Å². The highest BCUT2D eigenvalue weighted by atomic mass is 32.3. The van der Waals surface area contributed by atoms with Crippen molar-refractivity contribution in [2.75, 3.05) is 20.4 Å². The molecule has 5 nitrogen and oxygen atoms in total. The lowest BCUT2D eigenvalue weighted by Crippen LogP contribution is -2.52. The molecular formula is C26H39NO4S. The van der Waals surface area contributed by atoms with Gasteiger partial charge in [-0.2, -0.15) is 0 Å². The summed E-state index contributed by atoms with van der Waals surface area (Å²) in [6.07, 6.45) is 3.50. The zero-order valence-electron chi connectivity index (χ0n) is 20.6. The third-order valence-electron chi connectivity index (χ3n) is 7.98. The fraction of sp³-hybridized carbons (Fsp3) is 0.692. The summed E-state index contributed by atoms with van der Waals surface area (Å²) in [4.78, 5) is 2.62. The van der Waals surface area contributed by atoms with Crippen LogP contribution in [0.5, 0.6) is 11.5 Å². The molecule has 1 saturated heterocycles. The van der Waals surface area contributed by atoms with Crippen molar-refractivity contribution in [2.45, 2.75) is 94.4 Å². The quantitative estimate of drug-likeness (QED) is 0.533. The molecule has 0 spiro atoms. The molecule has 0 amide bonds. The second-order valence-electron chi connectivity index (χ2n) is 10.4. The minimum Gasteiger partial charge on any atom is -0.454 e. The fourth-order valence-electron chi connectivity index (χ4n) is 6.84. The minimum atomic E-state index is -1.31. The van der Waals surface area contributed by atoms with E-state index in [9.17, 15) is 0 Å². The molecule has 5 rings (SSSR count). The predicted molar refractivity (Wildman–Crippen MR) is 131 cm³/mol. The van der Waals surface area contributed by atoms with Crippen molar-refractivity contribution in [1.82, 2.24) is 4.90 Å². The molecule has 0 N–H and O–H groups in total. The van der Waals surface area contributed by atoms with Crippen LogP contribution in [0.4, 0.5) is 0 Å². The highest BCUT2D eigenvalue weighted by Crippen LogP contribution is 2.63. The molecule has 3 heterocycles. The third kappa shape index (κ3) is 3.24. The van der Waals surface area contributed by atoms with Crippen molar-refractivity contribution >= 4 is 10.3 Å². The molecule has 1 aliphatic carbocycles. The van der Waals surface area contributed by atoms with Crippen LogP contribution in [0.1, 0.15) is 65.0 Å². The standard InChI is InChI=1S/C26H39NO4S/c1-15(2)32(16(3)4,17(5)6)31-23-10-18-8-9-27-13-19-11-21-22(30-14-29-21)12-20(19)24(25(18)27)26(23)28-7/h10-12,15-17,23-26H,8-9,13-14H2,1-7H3/t23-,24-,25+,26+/m0/s1. The van der Waals surface area contributed by atoms with Crippen LogP contribution < -0.4 is 9.47 Å². The van der Waals surface area contributed by atoms with E-state index in [0.29, 0.717) is 28.6 Å². The van der Waals surface area contributed by atoms with Crippen molar-refractivity contribution in [3.8, 4) is 11.5 Å². The average Bonchev–Trinajstić information content (AvgIpc) is 3.36. The summed E-state index contributed by atoms with van der Waals surface area (Å²) in [7, 11) is 0.544. The molecule has 4 aliphatic rings. The van der Waals surface area contributed by atoms with Gasteiger partial charge in [-0.3, -0.25) is 4.90 Å². The third-order valence-corrected chi connectivity index (χ3v) is 13.0. The summed E-state index contributed by atoms with van der Waals surface area (Å²) in [6, 6.07) is 4.81. The van der Waals surface area contributed by atoms with Crippen molar-refractivity contribution < 1.29 is 18.4 Å². The normalized spacial score (nSPS) is 29.5. The van der Waals surface area contributed by atoms with Gasteiger partial charge in [0.05, 0.1) is 6.10 Å². The SMILES string of the molecule is CO[C@H]1[C@H]2c3cc4c(cc3CN3CCC(=C[C@@H]1OS(C(C)C)(C(C)C)C(C)C)[C@H]23)OCO4. The Morgan fingerprint density at radius 2 is 1.66 bits per heavy atom. The Labute approximate surface area is 194 Å². The van der Waals surface area contributed by atoms with E-state index >= 15 is 0 Å². The molecule has 0 radical (unpaired) electrons. The molecule has 1 aromatic rings. The van der Waals surface area contributed by atoms with Crippen LogP contribution >= 0.6 is 10.3 Å². The molecule has 178 valence electrons. The molecule has 0 unspecified atom stereocenters. The zero-order valence-corrected chi connectivity index (χ0v) is 21.4. The number of nitrogens with zero attached hydrogens (tertiary/aromatic N) is 1. The van der Waals surface area contributed by atoms with Gasteiger partial charge in [0, 0.05) is 47.9 Å². The number of fused-ring (bicyclic) bond motifs is 3. The van der Waals surface area contributed by atoms with Crippen LogP contribution in [-0.4, -0.2) is 59.3 Å². The van der Waals surface area contributed by atoms with Gasteiger partial charge in [0.2, 0.25) is 6.79 Å². The van der Waals surface area contributed by atoms with E-state index in [1.54, 1.807) is 0 Å². The van der Waals surface area contributed by atoms with Crippen LogP contribution in [0, 0.1) is 0 Å². The number of ether oxygens (including phenoxy) is 3. The highest BCUT2D eigenvalue weighted by molar-refractivity contribution is 8.31. The van der Waals surface area contributed by atoms with Crippen molar-refractivity contribution in [3.05, 3.63) is 34.9 Å². The summed E-state index contributed by atoms with van der Waals surface area (Å²) in [5.41, 5.74) is 4.22. The molecule has 6 heteroatoms. The Morgan fingerprint density at radius 1 is 1.00 bits per heavy atom. The first-order valence-corrected chi connectivity index (χ1v) is 13.9. The molecule has 32 heavy (non-hydrogen) atoms. The van der Waals surface area contributed by atoms with E-state index in [0.717, 1.165) is 31.0 Å². The lowest BCUT2D eigenvalue weighted by Gasteiger charge is -2.54. The largest absolute Gasteiger partial charge is 0.454 e. The number of methoxy groups -OCH3 is 1. The molecule has 3 aliphatic heterocycles. The first kappa shape index (κ1) is 22.6. The van der Waals surface area contributed by atoms with Crippen LogP contribution in [-0.2, 0) is 15.5 Å². The Morgan fingerprint density at radius 3 is 2.28 bits per heavy atom. The molecule has 0 bridgehead atoms. The number of hydrogen-bond acceptors (Lipinski definition) is 5. The van der Waals surface area contributed by atoms with Crippen LogP contribution in [0.25, 0.3) is 0 Å². The molecule has 1 fully saturated rings. The Hall–Kier alpha value is -1.21. The van der Waals surface area contributed by atoms with Gasteiger partial charge in [0.25, 0.3) is 0 Å². The van der Waals surface area contributed by atoms with Gasteiger partial charge in [-0.05, 0) is 29.7 Å². The van der Waals surface area contributed by atoms with E-state index in [-0.39, 0.29) is 18.1 Å². The van der Waals surface area contributed by atoms with Crippen molar-refractivity contribution in [1.29, 1.82) is 0 Å². The van der Waals surface area contributed by atoms with Gasteiger partial charge >= 0.3 is 0 Å². The predicted octanol–water partition coefficient (Wildman–Crippen LogP) is 5.37. The van der Waals surface area contributed by atoms with E-state index in [1.165, 1.54) is 16.7 Å². The Balaban J connectivity index is 1.59. The van der Waals surface area contributed by atoms with Gasteiger partial charge in [-0.1, -0.05) is 53.2 Å². The monoisotopic (exact) mass is 461 g/mol. The lowest BCUT2D eigenvalue weighted by molar-refractivity contribution is -0.0174. The van der Waals surface area contributed by atoms with Gasteiger partial charge in [0.1, 0.15) is 6.10 Å². The first-order chi connectivity index (χ1) is 15.3. The number of hydrogen-bond donors (Lipinski definition) is 0. The smallest absolute Gasteiger partial charge is 0.231 e. The van der Waals surface area contributed by atoms with Gasteiger partial charge in [-0.25, -0.2) is 0 Å². The molecular weight excluding hydrogens is 422 g/mol. The second kappa shape index (κ2) is 8.23. The van der Waals surface area contributed by atoms with E-state index in [2.05, 4.69) is 64.7 Å². The fourth-order valence-corrected chi connectivity index (χ4v) is 11.3. The molecule has 0 saturated carbocycles. The second-order valence-corrected chi connectivity index (χ2v) is 14.9. The van der Waals surface area contributed by atoms with Crippen molar-refractivity contribution in [2.24, 2.45) is 0 Å². The number of rotatable bonds is 6. The van der Waals surface area contributed by atoms with Crippen molar-refractivity contribution in [3.63, 3.8) is 0 Å². The first-order valence-electron chi connectivity index (χ1n) is 12.2. The summed E-state index contributed by atoms with van der Waals surface area (Å²) >= 11 is 0. The van der Waals surface area contributed by atoms with Gasteiger partial charge in [0.15, 0.2) is 11.5 Å². The topological polar surface area (TPSA) is 40.2 Å². The maximum absolute atomic E-state index is 7.28. The Kier molecular flexibility index (Phi) is 5.80. The van der Waals surface area contributed by atoms with Crippen LogP contribution in [0.3, 0.4) is 0 Å². The molecule has 0 aromatic heterocycles. The van der Waals surface area contributed by atoms with E-state index in [4.69, 9.17) is 18.4 Å². The Bertz CT molecular complexity index is 890. The zero-order chi connectivity index (χ0) is 22.8. The summed E-state index contributed by atoms with van der Waals surface area (Å²) in [6.45, 7) is 16.4. The minimum absolute atomic E-state index is 0.0214. The van der Waals surface area contributed by atoms with Gasteiger partial charge < -0.3 is 18.4 Å². The lowest BCUT2D eigenvalue weighted by atomic mass is 9.73. The molecule has 4 atom stereocenters. The maximum Gasteiger partial charge on any atom is 0.231 e. The maximum atomic E-state index is 7.28. The van der Waals surface area contributed by atoms with Crippen LogP contribution in [0.2, 0.25) is 0 Å². The van der Waals surface area contributed by atoms with E-state index in [1.807, 2.05) is 7.11 Å². The molecule has 1 aromatic carbocycles. The van der Waals surface area contributed by atoms with E-state index < -0.39 is 10.3 Å². The summed E-state index contributed by atoms with van der Waals surface area (Å²) in [5.74, 6) is 1.98. The summed E-state index contributed by atoms with van der Waals surface area (Å²) in [5, 5.41) is 1.47. The average molecular weight is 462 g/mol.